The van der Waals surface area contributed by atoms with Crippen LogP contribution in [0.15, 0.2) is 71.9 Å². The van der Waals surface area contributed by atoms with Gasteiger partial charge in [0.25, 0.3) is 11.7 Å². The van der Waals surface area contributed by atoms with Crippen LogP contribution < -0.4 is 15.4 Å². The number of aliphatic hydroxyl groups excluding tert-OH is 2. The number of hydrogen-bond donors (Lipinski definition) is 5. The van der Waals surface area contributed by atoms with Gasteiger partial charge < -0.3 is 54.5 Å². The number of methoxy groups -OCH3 is 1. The zero-order valence-electron chi connectivity index (χ0n) is 37.4. The Labute approximate surface area is 372 Å². The second-order valence-electron chi connectivity index (χ2n) is 16.9. The van der Waals surface area contributed by atoms with Crippen LogP contribution in [0.3, 0.4) is 0 Å². The monoisotopic (exact) mass is 886 g/mol. The number of aromatic nitrogens is 1. The number of carbonyl (C=O) groups is 5. The average Bonchev–Trinajstić information content (AvgIpc) is 3.55. The molecule has 17 nitrogen and oxygen atoms in total. The van der Waals surface area contributed by atoms with Gasteiger partial charge in [0.1, 0.15) is 29.0 Å². The highest BCUT2D eigenvalue weighted by Gasteiger charge is 2.53. The highest BCUT2D eigenvalue weighted by molar-refractivity contribution is 6.32. The van der Waals surface area contributed by atoms with Crippen molar-refractivity contribution in [2.75, 3.05) is 40.0 Å². The van der Waals surface area contributed by atoms with Crippen molar-refractivity contribution in [3.63, 3.8) is 0 Å². The van der Waals surface area contributed by atoms with Crippen LogP contribution >= 0.6 is 0 Å². The van der Waals surface area contributed by atoms with Crippen LogP contribution in [-0.2, 0) is 30.2 Å². The summed E-state index contributed by atoms with van der Waals surface area (Å²) in [7, 11) is 1.42. The summed E-state index contributed by atoms with van der Waals surface area (Å²) in [6, 6.07) is 5.47. The Morgan fingerprint density at radius 1 is 0.969 bits per heavy atom. The van der Waals surface area contributed by atoms with Crippen molar-refractivity contribution < 1.29 is 63.0 Å². The number of ether oxygens (including phenoxy) is 5. The van der Waals surface area contributed by atoms with Gasteiger partial charge in [-0.05, 0) is 32.1 Å². The van der Waals surface area contributed by atoms with Crippen molar-refractivity contribution in [2.45, 2.75) is 85.1 Å². The molecule has 5 N–H and O–H groups in total. The number of rotatable bonds is 6. The molecule has 5 heterocycles. The number of carbonyl (C=O) groups excluding carboxylic acids is 5. The summed E-state index contributed by atoms with van der Waals surface area (Å²) in [5, 5.41) is 40.2. The fraction of sp³-hybridized carbons (Fsp3) is 0.489. The Kier molecular flexibility index (Phi) is 14.8. The number of alkyl carbamates (subject to hydrolysis) is 1. The molecule has 1 aliphatic carbocycles. The number of aliphatic hydroxyl groups is 2. The molecule has 2 aromatic rings. The van der Waals surface area contributed by atoms with E-state index in [4.69, 9.17) is 23.7 Å². The number of benzene rings is 1. The van der Waals surface area contributed by atoms with Gasteiger partial charge >= 0.3 is 11.9 Å². The molecule has 0 unspecified atom stereocenters. The van der Waals surface area contributed by atoms with Crippen LogP contribution in [0.25, 0.3) is 0 Å². The van der Waals surface area contributed by atoms with Gasteiger partial charge in [0.05, 0.1) is 54.5 Å². The summed E-state index contributed by atoms with van der Waals surface area (Å²) >= 11 is 0. The first-order valence-electron chi connectivity index (χ1n) is 21.5. The van der Waals surface area contributed by atoms with E-state index in [0.717, 1.165) is 5.69 Å². The molecule has 5 bridgehead atoms. The van der Waals surface area contributed by atoms with Crippen LogP contribution in [0.2, 0.25) is 0 Å². The minimum absolute atomic E-state index is 0.00782. The molecule has 1 fully saturated rings. The van der Waals surface area contributed by atoms with Crippen LogP contribution in [0, 0.1) is 30.6 Å². The first kappa shape index (κ1) is 47.6. The zero-order valence-corrected chi connectivity index (χ0v) is 37.4. The van der Waals surface area contributed by atoms with Crippen molar-refractivity contribution in [3.8, 4) is 11.5 Å². The first-order chi connectivity index (χ1) is 30.4. The fourth-order valence-corrected chi connectivity index (χ4v) is 8.58. The quantitative estimate of drug-likeness (QED) is 0.275. The number of Topliss-reactive ketones (excluding diaryl/α,β-unsaturated/α-hetero) is 3. The molecule has 0 saturated carbocycles. The maximum absolute atomic E-state index is 14.8. The lowest BCUT2D eigenvalue weighted by atomic mass is 9.78. The Morgan fingerprint density at radius 2 is 1.69 bits per heavy atom. The maximum atomic E-state index is 14.8. The lowest BCUT2D eigenvalue weighted by Crippen LogP contribution is -2.48. The van der Waals surface area contributed by atoms with Crippen molar-refractivity contribution in [1.82, 2.24) is 20.5 Å². The van der Waals surface area contributed by atoms with Gasteiger partial charge in [0, 0.05) is 86.8 Å². The predicted molar refractivity (Wildman–Crippen MR) is 231 cm³/mol. The second-order valence-corrected chi connectivity index (χ2v) is 16.9. The molecule has 64 heavy (non-hydrogen) atoms. The van der Waals surface area contributed by atoms with Crippen LogP contribution in [0.5, 0.6) is 11.5 Å². The van der Waals surface area contributed by atoms with Gasteiger partial charge in [0.15, 0.2) is 0 Å². The largest absolute Gasteiger partial charge is 0.507 e. The van der Waals surface area contributed by atoms with E-state index in [1.165, 1.54) is 46.3 Å². The van der Waals surface area contributed by atoms with Gasteiger partial charge in [-0.15, -0.1) is 0 Å². The number of fused-ring (bicyclic) bond motifs is 14. The molecular weight excluding hydrogens is 829 g/mol. The number of phenolic OH excluding ortho intramolecular Hbond substituents is 1. The molecule has 1 aromatic heterocycles. The lowest BCUT2D eigenvalue weighted by molar-refractivity contribution is -0.116. The molecule has 17 heteroatoms. The van der Waals surface area contributed by atoms with Gasteiger partial charge in [-0.1, -0.05) is 52.0 Å². The van der Waals surface area contributed by atoms with Gasteiger partial charge in [-0.2, -0.15) is 0 Å². The number of allylic oxidation sites excluding steroid dienone is 4. The number of ketones is 3. The highest BCUT2D eigenvalue weighted by atomic mass is 16.7. The Morgan fingerprint density at radius 3 is 2.36 bits per heavy atom. The molecule has 344 valence electrons. The van der Waals surface area contributed by atoms with Gasteiger partial charge in [-0.3, -0.25) is 24.2 Å². The summed E-state index contributed by atoms with van der Waals surface area (Å²) in [6.45, 7) is 12.1. The topological polar surface area (TPSA) is 232 Å². The van der Waals surface area contributed by atoms with E-state index in [-0.39, 0.29) is 72.3 Å². The number of aromatic hydroxyl groups is 1. The van der Waals surface area contributed by atoms with Gasteiger partial charge in [-0.25, -0.2) is 4.79 Å². The third-order valence-corrected chi connectivity index (χ3v) is 12.6. The van der Waals surface area contributed by atoms with E-state index in [0.29, 0.717) is 6.42 Å². The van der Waals surface area contributed by atoms with E-state index in [1.807, 2.05) is 12.1 Å². The standard InChI is InChI=1S/C47H58N4O13/c1-24-12-11-13-25(2)45(58)50-35-36(51-19-22-61-23-20-51)41(56)32-33(40(35)55)39(54)29(6)43-34(32)44(57)47(7,64-43)62-21-16-31(60-8)26(3)42(28(5)38(53)27(4)37(24)52)63-46(59)49-18-15-30-14-9-10-17-48-30/h9-14,16-17,21,24,26-28,31,37-38,42,52-54H,15,18-20,22-23H2,1-8H3,(H,49,59)(H,50,58)/b12-11+,21-16+,25-13-/t24-,26-,27-,28-,31+,37-,38-,42+,47+/m1/s1. The normalized spacial score (nSPS) is 31.0. The Bertz CT molecular complexity index is 2270. The Hall–Kier alpha value is -5.88. The van der Waals surface area contributed by atoms with E-state index >= 15 is 0 Å². The molecule has 0 radical (unpaired) electrons. The van der Waals surface area contributed by atoms with Crippen molar-refractivity contribution in [3.05, 3.63) is 99.9 Å². The minimum atomic E-state index is -2.11. The first-order valence-corrected chi connectivity index (χ1v) is 21.5. The highest BCUT2D eigenvalue weighted by Crippen LogP contribution is 2.49. The van der Waals surface area contributed by atoms with Crippen LogP contribution in [-0.4, -0.2) is 125 Å². The second kappa shape index (κ2) is 19.9. The maximum Gasteiger partial charge on any atom is 0.407 e. The average molecular weight is 887 g/mol. The molecular formula is C47H58N4O13. The van der Waals surface area contributed by atoms with Crippen molar-refractivity contribution in [1.29, 1.82) is 0 Å². The SMILES string of the molecule is CO[C@H]1/C=C/O[C@@]2(C)Oc3c(C)c(O)c4c(c3C2=O)C(=O)C(N2CCOCC2)=C(NC(=O)/C(C)=C\C=C\[C@@H](C)[C@@H](O)[C@@H](C)[C@@H](O)[C@@H](C)[C@@H](OC(=O)NCCc2ccccn2)[C@@H]1C)C4=O. The number of amides is 2. The summed E-state index contributed by atoms with van der Waals surface area (Å²) in [6.07, 6.45) is 4.50. The van der Waals surface area contributed by atoms with Crippen molar-refractivity contribution >= 4 is 29.4 Å². The minimum Gasteiger partial charge on any atom is -0.507 e. The van der Waals surface area contributed by atoms with E-state index in [2.05, 4.69) is 15.6 Å². The Balaban J connectivity index is 1.41. The summed E-state index contributed by atoms with van der Waals surface area (Å²) in [5.41, 5.74) is -0.768. The number of hydrogen-bond acceptors (Lipinski definition) is 15. The number of phenols is 1. The number of nitrogens with one attached hydrogen (secondary N) is 2. The molecule has 9 atom stereocenters. The van der Waals surface area contributed by atoms with Crippen LogP contribution in [0.4, 0.5) is 4.79 Å². The third kappa shape index (κ3) is 9.48. The molecule has 5 aliphatic rings. The number of nitrogens with zero attached hydrogens (tertiary/aromatic N) is 2. The smallest absolute Gasteiger partial charge is 0.407 e. The molecule has 0 spiro atoms. The summed E-state index contributed by atoms with van der Waals surface area (Å²) in [4.78, 5) is 76.8. The number of pyridine rings is 1. The summed E-state index contributed by atoms with van der Waals surface area (Å²) < 4.78 is 29.5. The predicted octanol–water partition coefficient (Wildman–Crippen LogP) is 4.09. The van der Waals surface area contributed by atoms with Gasteiger partial charge in [0.2, 0.25) is 11.6 Å². The molecule has 1 saturated heterocycles. The van der Waals surface area contributed by atoms with E-state index < -0.39 is 94.5 Å². The molecule has 2 amide bonds. The van der Waals surface area contributed by atoms with E-state index in [1.54, 1.807) is 57.0 Å². The molecule has 1 aromatic carbocycles. The van der Waals surface area contributed by atoms with Crippen LogP contribution in [0.1, 0.15) is 83.9 Å². The fourth-order valence-electron chi connectivity index (χ4n) is 8.58. The number of morpholine rings is 1. The zero-order chi connectivity index (χ0) is 46.6. The van der Waals surface area contributed by atoms with E-state index in [9.17, 15) is 39.3 Å². The lowest BCUT2D eigenvalue weighted by Gasteiger charge is -2.38. The molecule has 4 aliphatic heterocycles. The third-order valence-electron chi connectivity index (χ3n) is 12.6. The summed E-state index contributed by atoms with van der Waals surface area (Å²) in [5.74, 6) is -8.84. The molecule has 7 rings (SSSR count). The van der Waals surface area contributed by atoms with Crippen molar-refractivity contribution in [2.24, 2.45) is 23.7 Å².